The number of hydrogen-bond donors (Lipinski definition) is 1. The molecule has 5 heteroatoms. The highest BCUT2D eigenvalue weighted by molar-refractivity contribution is 5.68. The predicted octanol–water partition coefficient (Wildman–Crippen LogP) is 3.07. The summed E-state index contributed by atoms with van der Waals surface area (Å²) in [5.41, 5.74) is 2.22. The second kappa shape index (κ2) is 6.28. The lowest BCUT2D eigenvalue weighted by Gasteiger charge is -2.46. The first kappa shape index (κ1) is 17.1. The number of amides is 1. The molecule has 132 valence electrons. The first-order valence-corrected chi connectivity index (χ1v) is 8.73. The lowest BCUT2D eigenvalue weighted by molar-refractivity contribution is 0.0139. The molecule has 0 saturated carbocycles. The number of fused-ring (bicyclic) bond motifs is 2. The Morgan fingerprint density at radius 2 is 1.96 bits per heavy atom. The molecule has 0 atom stereocenters. The van der Waals surface area contributed by atoms with E-state index in [2.05, 4.69) is 17.4 Å². The maximum absolute atomic E-state index is 12.3. The smallest absolute Gasteiger partial charge is 0.410 e. The van der Waals surface area contributed by atoms with Crippen molar-refractivity contribution in [3.05, 3.63) is 29.3 Å². The quantitative estimate of drug-likeness (QED) is 0.859. The second-order valence-corrected chi connectivity index (χ2v) is 7.75. The summed E-state index contributed by atoms with van der Waals surface area (Å²) in [6, 6.07) is 6.37. The Balaban J connectivity index is 1.76. The summed E-state index contributed by atoms with van der Waals surface area (Å²) >= 11 is 0. The van der Waals surface area contributed by atoms with Crippen molar-refractivity contribution in [3.8, 4) is 5.75 Å². The molecule has 24 heavy (non-hydrogen) atoms. The first-order chi connectivity index (χ1) is 11.3. The van der Waals surface area contributed by atoms with Gasteiger partial charge in [-0.25, -0.2) is 4.79 Å². The number of rotatable bonds is 1. The van der Waals surface area contributed by atoms with E-state index in [1.807, 2.05) is 31.7 Å². The van der Waals surface area contributed by atoms with E-state index in [9.17, 15) is 4.79 Å². The Morgan fingerprint density at radius 1 is 1.25 bits per heavy atom. The van der Waals surface area contributed by atoms with Crippen molar-refractivity contribution in [2.75, 3.05) is 26.7 Å². The van der Waals surface area contributed by atoms with E-state index in [1.54, 1.807) is 7.11 Å². The number of ether oxygens (including phenoxy) is 2. The van der Waals surface area contributed by atoms with E-state index in [0.717, 1.165) is 31.6 Å². The number of nitrogens with one attached hydrogen (secondary N) is 1. The van der Waals surface area contributed by atoms with Crippen LogP contribution in [0.2, 0.25) is 0 Å². The van der Waals surface area contributed by atoms with Gasteiger partial charge in [0.05, 0.1) is 7.11 Å². The maximum Gasteiger partial charge on any atom is 0.410 e. The highest BCUT2D eigenvalue weighted by atomic mass is 16.6. The Morgan fingerprint density at radius 3 is 2.58 bits per heavy atom. The summed E-state index contributed by atoms with van der Waals surface area (Å²) in [4.78, 5) is 14.1. The zero-order valence-corrected chi connectivity index (χ0v) is 15.1. The van der Waals surface area contributed by atoms with Gasteiger partial charge >= 0.3 is 6.09 Å². The third kappa shape index (κ3) is 3.36. The molecular formula is C19H28N2O3. The Bertz CT molecular complexity index is 614. The van der Waals surface area contributed by atoms with Crippen LogP contribution >= 0.6 is 0 Å². The van der Waals surface area contributed by atoms with Crippen LogP contribution < -0.4 is 10.1 Å². The summed E-state index contributed by atoms with van der Waals surface area (Å²) in [7, 11) is 1.70. The zero-order valence-electron chi connectivity index (χ0n) is 15.1. The fourth-order valence-electron chi connectivity index (χ4n) is 3.72. The van der Waals surface area contributed by atoms with Crippen molar-refractivity contribution in [2.45, 2.75) is 51.2 Å². The topological polar surface area (TPSA) is 50.8 Å². The van der Waals surface area contributed by atoms with Gasteiger partial charge in [-0.2, -0.15) is 0 Å². The van der Waals surface area contributed by atoms with Crippen molar-refractivity contribution in [1.82, 2.24) is 10.2 Å². The Labute approximate surface area is 144 Å². The third-order valence-corrected chi connectivity index (χ3v) is 4.96. The van der Waals surface area contributed by atoms with Crippen molar-refractivity contribution >= 4 is 6.09 Å². The average molecular weight is 332 g/mol. The van der Waals surface area contributed by atoms with Gasteiger partial charge in [0.15, 0.2) is 0 Å². The molecule has 1 spiro atoms. The van der Waals surface area contributed by atoms with E-state index in [0.29, 0.717) is 13.1 Å². The van der Waals surface area contributed by atoms with Crippen molar-refractivity contribution < 1.29 is 14.3 Å². The first-order valence-electron chi connectivity index (χ1n) is 8.73. The van der Waals surface area contributed by atoms with E-state index in [1.165, 1.54) is 11.1 Å². The van der Waals surface area contributed by atoms with Gasteiger partial charge in [0.25, 0.3) is 0 Å². The minimum Gasteiger partial charge on any atom is -0.497 e. The van der Waals surface area contributed by atoms with Crippen molar-refractivity contribution in [2.24, 2.45) is 0 Å². The number of carbonyl (C=O) groups excluding carboxylic acids is 1. The van der Waals surface area contributed by atoms with E-state index in [-0.39, 0.29) is 11.6 Å². The van der Waals surface area contributed by atoms with Crippen LogP contribution in [0.3, 0.4) is 0 Å². The van der Waals surface area contributed by atoms with Crippen LogP contribution in [-0.2, 0) is 16.7 Å². The van der Waals surface area contributed by atoms with Crippen LogP contribution in [0.25, 0.3) is 0 Å². The molecule has 1 aromatic rings. The Hall–Kier alpha value is -1.75. The third-order valence-electron chi connectivity index (χ3n) is 4.96. The SMILES string of the molecule is COc1ccc2c(c1)C1(CCN(C(=O)OC(C)(C)C)CC1)NCC2. The number of nitrogens with zero attached hydrogens (tertiary/aromatic N) is 1. The molecule has 1 saturated heterocycles. The lowest BCUT2D eigenvalue weighted by Crippen LogP contribution is -2.55. The molecule has 5 nitrogen and oxygen atoms in total. The number of carbonyl (C=O) groups is 1. The van der Waals surface area contributed by atoms with Crippen LogP contribution in [0.15, 0.2) is 18.2 Å². The second-order valence-electron chi connectivity index (χ2n) is 7.75. The lowest BCUT2D eigenvalue weighted by atomic mass is 9.76. The summed E-state index contributed by atoms with van der Waals surface area (Å²) in [6.45, 7) is 8.10. The molecule has 0 aliphatic carbocycles. The number of benzene rings is 1. The largest absolute Gasteiger partial charge is 0.497 e. The van der Waals surface area contributed by atoms with Gasteiger partial charge in [0, 0.05) is 25.2 Å². The molecule has 3 rings (SSSR count). The minimum atomic E-state index is -0.449. The molecule has 1 amide bonds. The van der Waals surface area contributed by atoms with E-state index in [4.69, 9.17) is 9.47 Å². The van der Waals surface area contributed by atoms with Gasteiger partial charge in [0.1, 0.15) is 11.4 Å². The van der Waals surface area contributed by atoms with Gasteiger partial charge in [-0.3, -0.25) is 0 Å². The van der Waals surface area contributed by atoms with Crippen LogP contribution in [0.4, 0.5) is 4.79 Å². The molecule has 0 aromatic heterocycles. The Kier molecular flexibility index (Phi) is 4.47. The number of hydrogen-bond acceptors (Lipinski definition) is 4. The van der Waals surface area contributed by atoms with Crippen LogP contribution in [0, 0.1) is 0 Å². The summed E-state index contributed by atoms with van der Waals surface area (Å²) < 4.78 is 10.9. The number of methoxy groups -OCH3 is 1. The molecule has 1 aromatic carbocycles. The predicted molar refractivity (Wildman–Crippen MR) is 93.4 cm³/mol. The van der Waals surface area contributed by atoms with Gasteiger partial charge in [-0.1, -0.05) is 6.07 Å². The van der Waals surface area contributed by atoms with Crippen LogP contribution in [0.5, 0.6) is 5.75 Å². The van der Waals surface area contributed by atoms with Gasteiger partial charge < -0.3 is 19.7 Å². The summed E-state index contributed by atoms with van der Waals surface area (Å²) in [6.07, 6.45) is 2.62. The average Bonchev–Trinajstić information content (AvgIpc) is 2.54. The summed E-state index contributed by atoms with van der Waals surface area (Å²) in [5.74, 6) is 0.895. The van der Waals surface area contributed by atoms with E-state index < -0.39 is 5.60 Å². The normalized spacial score (nSPS) is 19.8. The highest BCUT2D eigenvalue weighted by Crippen LogP contribution is 2.39. The van der Waals surface area contributed by atoms with Crippen molar-refractivity contribution in [1.29, 1.82) is 0 Å². The summed E-state index contributed by atoms with van der Waals surface area (Å²) in [5, 5.41) is 3.72. The fraction of sp³-hybridized carbons (Fsp3) is 0.632. The molecule has 2 aliphatic heterocycles. The molecule has 0 bridgehead atoms. The van der Waals surface area contributed by atoms with E-state index >= 15 is 0 Å². The standard InChI is InChI=1S/C19H28N2O3/c1-18(2,3)24-17(22)21-11-8-19(9-12-21)16-13-15(23-4)6-5-14(16)7-10-20-19/h5-6,13,20H,7-12H2,1-4H3. The number of likely N-dealkylation sites (tertiary alicyclic amines) is 1. The number of piperidine rings is 1. The molecule has 2 heterocycles. The van der Waals surface area contributed by atoms with Crippen LogP contribution in [0.1, 0.15) is 44.7 Å². The highest BCUT2D eigenvalue weighted by Gasteiger charge is 2.41. The van der Waals surface area contributed by atoms with Gasteiger partial charge in [-0.15, -0.1) is 0 Å². The maximum atomic E-state index is 12.3. The van der Waals surface area contributed by atoms with Gasteiger partial charge in [-0.05, 0) is 63.3 Å². The molecule has 1 N–H and O–H groups in total. The fourth-order valence-corrected chi connectivity index (χ4v) is 3.72. The molecule has 2 aliphatic rings. The molecular weight excluding hydrogens is 304 g/mol. The van der Waals surface area contributed by atoms with Crippen molar-refractivity contribution in [3.63, 3.8) is 0 Å². The van der Waals surface area contributed by atoms with Crippen LogP contribution in [-0.4, -0.2) is 43.3 Å². The van der Waals surface area contributed by atoms with Gasteiger partial charge in [0.2, 0.25) is 0 Å². The molecule has 1 fully saturated rings. The zero-order chi connectivity index (χ0) is 17.4. The molecule has 0 radical (unpaired) electrons. The minimum absolute atomic E-state index is 0.0549. The molecule has 0 unspecified atom stereocenters. The monoisotopic (exact) mass is 332 g/mol.